The van der Waals surface area contributed by atoms with Gasteiger partial charge in [-0.25, -0.2) is 4.39 Å². The van der Waals surface area contributed by atoms with E-state index in [1.54, 1.807) is 13.2 Å². The van der Waals surface area contributed by atoms with Crippen LogP contribution in [-0.4, -0.2) is 33.9 Å². The van der Waals surface area contributed by atoms with Crippen molar-refractivity contribution in [2.45, 2.75) is 20.4 Å². The molecule has 0 aliphatic heterocycles. The van der Waals surface area contributed by atoms with Gasteiger partial charge in [0.15, 0.2) is 0 Å². The Bertz CT molecular complexity index is 382. The van der Waals surface area contributed by atoms with Crippen molar-refractivity contribution >= 4 is 5.69 Å². The summed E-state index contributed by atoms with van der Waals surface area (Å²) in [5.41, 5.74) is 1.59. The number of hydrogen-bond donors (Lipinski definition) is 1. The predicted molar refractivity (Wildman–Crippen MR) is 78.1 cm³/mol. The van der Waals surface area contributed by atoms with Crippen molar-refractivity contribution in [1.29, 1.82) is 0 Å². The van der Waals surface area contributed by atoms with Gasteiger partial charge in [0.1, 0.15) is 5.82 Å². The van der Waals surface area contributed by atoms with Gasteiger partial charge < -0.3 is 15.0 Å². The van der Waals surface area contributed by atoms with E-state index in [1.165, 1.54) is 0 Å². The van der Waals surface area contributed by atoms with Gasteiger partial charge in [-0.15, -0.1) is 0 Å². The molecule has 0 aromatic heterocycles. The third kappa shape index (κ3) is 5.57. The van der Waals surface area contributed by atoms with Crippen LogP contribution in [0, 0.1) is 11.7 Å². The van der Waals surface area contributed by atoms with Gasteiger partial charge in [0.25, 0.3) is 0 Å². The van der Waals surface area contributed by atoms with Crippen LogP contribution in [0.1, 0.15) is 19.4 Å². The third-order valence-corrected chi connectivity index (χ3v) is 2.94. The van der Waals surface area contributed by atoms with Crippen LogP contribution in [0.2, 0.25) is 0 Å². The minimum Gasteiger partial charge on any atom is -0.383 e. The molecule has 3 nitrogen and oxygen atoms in total. The molecule has 0 atom stereocenters. The highest BCUT2D eigenvalue weighted by molar-refractivity contribution is 5.48. The van der Waals surface area contributed by atoms with E-state index in [0.29, 0.717) is 31.3 Å². The Morgan fingerprint density at radius 1 is 1.37 bits per heavy atom. The second-order valence-corrected chi connectivity index (χ2v) is 5.22. The Hall–Kier alpha value is -1.13. The quantitative estimate of drug-likeness (QED) is 0.784. The summed E-state index contributed by atoms with van der Waals surface area (Å²) in [6, 6.07) is 5.40. The Kier molecular flexibility index (Phi) is 6.81. The molecule has 0 heterocycles. The van der Waals surface area contributed by atoms with E-state index < -0.39 is 0 Å². The lowest BCUT2D eigenvalue weighted by molar-refractivity contribution is 0.206. The smallest absolute Gasteiger partial charge is 0.146 e. The minimum absolute atomic E-state index is 0.178. The summed E-state index contributed by atoms with van der Waals surface area (Å²) in [6.07, 6.45) is 0. The molecule has 1 aromatic carbocycles. The van der Waals surface area contributed by atoms with E-state index >= 15 is 0 Å². The molecule has 0 aliphatic carbocycles. The zero-order valence-electron chi connectivity index (χ0n) is 12.4. The van der Waals surface area contributed by atoms with E-state index in [-0.39, 0.29) is 5.82 Å². The molecule has 0 saturated heterocycles. The first kappa shape index (κ1) is 15.9. The Labute approximate surface area is 115 Å². The van der Waals surface area contributed by atoms with Gasteiger partial charge in [0.05, 0.1) is 12.3 Å². The third-order valence-electron chi connectivity index (χ3n) is 2.94. The van der Waals surface area contributed by atoms with Gasteiger partial charge in [0, 0.05) is 27.2 Å². The summed E-state index contributed by atoms with van der Waals surface area (Å²) in [7, 11) is 3.52. The summed E-state index contributed by atoms with van der Waals surface area (Å²) >= 11 is 0. The fraction of sp³-hybridized carbons (Fsp3) is 0.600. The molecule has 1 rings (SSSR count). The van der Waals surface area contributed by atoms with Gasteiger partial charge in [-0.05, 0) is 30.2 Å². The molecule has 0 saturated carbocycles. The lowest BCUT2D eigenvalue weighted by atomic mass is 10.1. The van der Waals surface area contributed by atoms with Gasteiger partial charge in [-0.3, -0.25) is 0 Å². The van der Waals surface area contributed by atoms with Crippen molar-refractivity contribution in [3.63, 3.8) is 0 Å². The zero-order chi connectivity index (χ0) is 14.3. The average Bonchev–Trinajstić information content (AvgIpc) is 2.35. The molecular formula is C15H25FN2O. The molecule has 1 N–H and O–H groups in total. The highest BCUT2D eigenvalue weighted by Gasteiger charge is 2.08. The van der Waals surface area contributed by atoms with Crippen LogP contribution in [0.25, 0.3) is 0 Å². The molecule has 4 heteroatoms. The van der Waals surface area contributed by atoms with Crippen molar-refractivity contribution in [1.82, 2.24) is 5.32 Å². The summed E-state index contributed by atoms with van der Waals surface area (Å²) in [6.45, 7) is 7.23. The molecule has 0 amide bonds. The fourth-order valence-electron chi connectivity index (χ4n) is 1.82. The highest BCUT2D eigenvalue weighted by atomic mass is 19.1. The SMILES string of the molecule is COCCN(C)c1ccc(CNCC(C)C)cc1F. The molecule has 0 aliphatic rings. The first-order chi connectivity index (χ1) is 9.04. The molecule has 0 spiro atoms. The average molecular weight is 268 g/mol. The van der Waals surface area contributed by atoms with Crippen molar-refractivity contribution in [2.24, 2.45) is 5.92 Å². The predicted octanol–water partition coefficient (Wildman–Crippen LogP) is 2.65. The maximum atomic E-state index is 14.0. The summed E-state index contributed by atoms with van der Waals surface area (Å²) in [4.78, 5) is 1.87. The molecule has 0 fully saturated rings. The normalized spacial score (nSPS) is 11.1. The number of methoxy groups -OCH3 is 1. The van der Waals surface area contributed by atoms with Crippen LogP contribution < -0.4 is 10.2 Å². The summed E-state index contributed by atoms with van der Waals surface area (Å²) in [5.74, 6) is 0.423. The summed E-state index contributed by atoms with van der Waals surface area (Å²) in [5, 5.41) is 3.31. The standard InChI is InChI=1S/C15H25FN2O/c1-12(2)10-17-11-13-5-6-15(14(16)9-13)18(3)7-8-19-4/h5-6,9,12,17H,7-8,10-11H2,1-4H3. The number of benzene rings is 1. The molecular weight excluding hydrogens is 243 g/mol. The van der Waals surface area contributed by atoms with Crippen LogP contribution in [0.5, 0.6) is 0 Å². The van der Waals surface area contributed by atoms with Gasteiger partial charge >= 0.3 is 0 Å². The van der Waals surface area contributed by atoms with E-state index in [1.807, 2.05) is 24.1 Å². The molecule has 0 unspecified atom stereocenters. The lowest BCUT2D eigenvalue weighted by Gasteiger charge is -2.20. The van der Waals surface area contributed by atoms with Crippen molar-refractivity contribution in [2.75, 3.05) is 38.8 Å². The molecule has 1 aromatic rings. The van der Waals surface area contributed by atoms with E-state index in [0.717, 1.165) is 12.1 Å². The number of halogens is 1. The minimum atomic E-state index is -0.178. The maximum absolute atomic E-state index is 14.0. The maximum Gasteiger partial charge on any atom is 0.146 e. The second-order valence-electron chi connectivity index (χ2n) is 5.22. The van der Waals surface area contributed by atoms with Crippen molar-refractivity contribution in [3.05, 3.63) is 29.6 Å². The van der Waals surface area contributed by atoms with E-state index in [9.17, 15) is 4.39 Å². The topological polar surface area (TPSA) is 24.5 Å². The van der Waals surface area contributed by atoms with Crippen molar-refractivity contribution < 1.29 is 9.13 Å². The number of nitrogens with one attached hydrogen (secondary N) is 1. The number of rotatable bonds is 8. The lowest BCUT2D eigenvalue weighted by Crippen LogP contribution is -2.23. The Morgan fingerprint density at radius 2 is 2.11 bits per heavy atom. The fourth-order valence-corrected chi connectivity index (χ4v) is 1.82. The number of likely N-dealkylation sites (N-methyl/N-ethyl adjacent to an activating group) is 1. The van der Waals surface area contributed by atoms with E-state index in [4.69, 9.17) is 4.74 Å². The number of ether oxygens (including phenoxy) is 1. The highest BCUT2D eigenvalue weighted by Crippen LogP contribution is 2.19. The first-order valence-electron chi connectivity index (χ1n) is 6.73. The Morgan fingerprint density at radius 3 is 2.68 bits per heavy atom. The number of nitrogens with zero attached hydrogens (tertiary/aromatic N) is 1. The number of anilines is 1. The van der Waals surface area contributed by atoms with Gasteiger partial charge in [0.2, 0.25) is 0 Å². The van der Waals surface area contributed by atoms with Gasteiger partial charge in [-0.2, -0.15) is 0 Å². The molecule has 0 bridgehead atoms. The van der Waals surface area contributed by atoms with Crippen LogP contribution in [0.3, 0.4) is 0 Å². The molecule has 19 heavy (non-hydrogen) atoms. The second kappa shape index (κ2) is 8.12. The van der Waals surface area contributed by atoms with Crippen LogP contribution >= 0.6 is 0 Å². The van der Waals surface area contributed by atoms with Crippen molar-refractivity contribution in [3.8, 4) is 0 Å². The Balaban J connectivity index is 2.58. The largest absolute Gasteiger partial charge is 0.383 e. The molecule has 108 valence electrons. The monoisotopic (exact) mass is 268 g/mol. The van der Waals surface area contributed by atoms with Crippen LogP contribution in [0.4, 0.5) is 10.1 Å². The number of hydrogen-bond acceptors (Lipinski definition) is 3. The zero-order valence-corrected chi connectivity index (χ0v) is 12.4. The molecule has 0 radical (unpaired) electrons. The van der Waals surface area contributed by atoms with Crippen LogP contribution in [0.15, 0.2) is 18.2 Å². The summed E-state index contributed by atoms with van der Waals surface area (Å²) < 4.78 is 19.0. The van der Waals surface area contributed by atoms with Crippen LogP contribution in [-0.2, 0) is 11.3 Å². The first-order valence-corrected chi connectivity index (χ1v) is 6.73. The van der Waals surface area contributed by atoms with Gasteiger partial charge in [-0.1, -0.05) is 19.9 Å². The van der Waals surface area contributed by atoms with E-state index in [2.05, 4.69) is 19.2 Å².